The van der Waals surface area contributed by atoms with E-state index in [0.29, 0.717) is 10.7 Å². The number of pyridine rings is 1. The molecule has 0 amide bonds. The number of hydrogen-bond acceptors (Lipinski definition) is 4. The molecule has 1 N–H and O–H groups in total. The Morgan fingerprint density at radius 3 is 2.63 bits per heavy atom. The Morgan fingerprint density at radius 1 is 1.32 bits per heavy atom. The third-order valence-electron chi connectivity index (χ3n) is 2.73. The van der Waals surface area contributed by atoms with Gasteiger partial charge in [0.1, 0.15) is 5.69 Å². The van der Waals surface area contributed by atoms with Crippen LogP contribution in [0.1, 0.15) is 18.5 Å². The zero-order valence-corrected chi connectivity index (χ0v) is 11.0. The number of hydrogen-bond donors (Lipinski definition) is 1. The highest BCUT2D eigenvalue weighted by molar-refractivity contribution is 6.30. The molecule has 0 fully saturated rings. The van der Waals surface area contributed by atoms with E-state index >= 15 is 0 Å². The molecule has 0 spiro atoms. The summed E-state index contributed by atoms with van der Waals surface area (Å²) in [7, 11) is 0. The van der Waals surface area contributed by atoms with Crippen LogP contribution in [0.2, 0.25) is 5.02 Å². The molecule has 0 aliphatic heterocycles. The van der Waals surface area contributed by atoms with Gasteiger partial charge < -0.3 is 5.32 Å². The van der Waals surface area contributed by atoms with Gasteiger partial charge in [-0.1, -0.05) is 11.6 Å². The van der Waals surface area contributed by atoms with Crippen LogP contribution in [0.15, 0.2) is 42.7 Å². The molecule has 1 unspecified atom stereocenters. The van der Waals surface area contributed by atoms with E-state index in [4.69, 9.17) is 11.6 Å². The van der Waals surface area contributed by atoms with Crippen LogP contribution in [-0.4, -0.2) is 9.91 Å². The van der Waals surface area contributed by atoms with Gasteiger partial charge in [0.15, 0.2) is 0 Å². The Hall–Kier alpha value is -2.14. The highest BCUT2D eigenvalue weighted by Gasteiger charge is 2.16. The van der Waals surface area contributed by atoms with Crippen LogP contribution < -0.4 is 5.32 Å². The molecule has 0 saturated heterocycles. The summed E-state index contributed by atoms with van der Waals surface area (Å²) in [5, 5.41) is 14.4. The first-order valence-corrected chi connectivity index (χ1v) is 6.06. The lowest BCUT2D eigenvalue weighted by Crippen LogP contribution is -2.08. The maximum absolute atomic E-state index is 11.0. The molecule has 0 aliphatic rings. The van der Waals surface area contributed by atoms with Crippen LogP contribution in [0.4, 0.5) is 11.4 Å². The third kappa shape index (κ3) is 3.20. The normalized spacial score (nSPS) is 11.9. The van der Waals surface area contributed by atoms with E-state index in [-0.39, 0.29) is 11.7 Å². The molecule has 0 saturated carbocycles. The van der Waals surface area contributed by atoms with Crippen molar-refractivity contribution in [3.05, 3.63) is 63.4 Å². The number of rotatable bonds is 4. The number of nitrogens with zero attached hydrogens (tertiary/aromatic N) is 2. The fourth-order valence-electron chi connectivity index (χ4n) is 1.75. The van der Waals surface area contributed by atoms with Crippen molar-refractivity contribution in [2.45, 2.75) is 13.0 Å². The minimum Gasteiger partial charge on any atom is -0.373 e. The third-order valence-corrected chi connectivity index (χ3v) is 2.97. The van der Waals surface area contributed by atoms with Gasteiger partial charge in [-0.3, -0.25) is 15.1 Å². The second-order valence-electron chi connectivity index (χ2n) is 4.07. The first-order chi connectivity index (χ1) is 9.08. The zero-order valence-electron chi connectivity index (χ0n) is 10.2. The van der Waals surface area contributed by atoms with E-state index in [1.165, 1.54) is 6.07 Å². The van der Waals surface area contributed by atoms with E-state index in [9.17, 15) is 10.1 Å². The SMILES string of the molecule is CC(Nc1ccc(Cl)cc1[N+](=O)[O-])c1ccncc1. The Labute approximate surface area is 115 Å². The Balaban J connectivity index is 2.26. The van der Waals surface area contributed by atoms with Crippen molar-refractivity contribution in [1.29, 1.82) is 0 Å². The van der Waals surface area contributed by atoms with Crippen LogP contribution in [0.5, 0.6) is 0 Å². The highest BCUT2D eigenvalue weighted by Crippen LogP contribution is 2.30. The second kappa shape index (κ2) is 5.67. The van der Waals surface area contributed by atoms with E-state index in [0.717, 1.165) is 5.56 Å². The van der Waals surface area contributed by atoms with Gasteiger partial charge in [-0.05, 0) is 36.8 Å². The summed E-state index contributed by atoms with van der Waals surface area (Å²) in [6.07, 6.45) is 3.37. The number of nitrogens with one attached hydrogen (secondary N) is 1. The molecule has 1 heterocycles. The maximum Gasteiger partial charge on any atom is 0.293 e. The maximum atomic E-state index is 11.0. The molecule has 2 rings (SSSR count). The topological polar surface area (TPSA) is 68.1 Å². The summed E-state index contributed by atoms with van der Waals surface area (Å²) in [4.78, 5) is 14.5. The molecular formula is C13H12ClN3O2. The molecular weight excluding hydrogens is 266 g/mol. The quantitative estimate of drug-likeness (QED) is 0.681. The van der Waals surface area contributed by atoms with Crippen molar-refractivity contribution in [1.82, 2.24) is 4.98 Å². The van der Waals surface area contributed by atoms with Crippen LogP contribution in [0.3, 0.4) is 0 Å². The minimum absolute atomic E-state index is 0.0339. The van der Waals surface area contributed by atoms with Gasteiger partial charge in [-0.2, -0.15) is 0 Å². The van der Waals surface area contributed by atoms with Crippen LogP contribution in [0.25, 0.3) is 0 Å². The number of aromatic nitrogens is 1. The minimum atomic E-state index is -0.451. The summed E-state index contributed by atoms with van der Waals surface area (Å²) >= 11 is 5.77. The van der Waals surface area contributed by atoms with Crippen molar-refractivity contribution in [3.63, 3.8) is 0 Å². The molecule has 1 atom stereocenters. The molecule has 1 aromatic carbocycles. The van der Waals surface area contributed by atoms with E-state index < -0.39 is 4.92 Å². The van der Waals surface area contributed by atoms with Gasteiger partial charge in [0, 0.05) is 29.5 Å². The summed E-state index contributed by atoms with van der Waals surface area (Å²) in [6, 6.07) is 8.22. The average Bonchev–Trinajstić information content (AvgIpc) is 2.41. The standard InChI is InChI=1S/C13H12ClN3O2/c1-9(10-4-6-15-7-5-10)16-12-3-2-11(14)8-13(12)17(18)19/h2-9,16H,1H3. The van der Waals surface area contributed by atoms with Crippen molar-refractivity contribution in [2.75, 3.05) is 5.32 Å². The lowest BCUT2D eigenvalue weighted by atomic mass is 10.1. The van der Waals surface area contributed by atoms with Crippen LogP contribution >= 0.6 is 11.6 Å². The predicted molar refractivity (Wildman–Crippen MR) is 74.4 cm³/mol. The predicted octanol–water partition coefficient (Wildman–Crippen LogP) is 3.82. The fourth-order valence-corrected chi connectivity index (χ4v) is 1.91. The first-order valence-electron chi connectivity index (χ1n) is 5.68. The largest absolute Gasteiger partial charge is 0.373 e. The number of nitro groups is 1. The van der Waals surface area contributed by atoms with Gasteiger partial charge in [0.25, 0.3) is 5.69 Å². The molecule has 6 heteroatoms. The molecule has 0 bridgehead atoms. The molecule has 5 nitrogen and oxygen atoms in total. The first kappa shape index (κ1) is 13.3. The van der Waals surface area contributed by atoms with Crippen LogP contribution in [0, 0.1) is 10.1 Å². The Bertz CT molecular complexity index is 590. The van der Waals surface area contributed by atoms with Gasteiger partial charge in [-0.15, -0.1) is 0 Å². The van der Waals surface area contributed by atoms with E-state index in [1.54, 1.807) is 24.5 Å². The molecule has 19 heavy (non-hydrogen) atoms. The highest BCUT2D eigenvalue weighted by atomic mass is 35.5. The van der Waals surface area contributed by atoms with Gasteiger partial charge >= 0.3 is 0 Å². The number of anilines is 1. The summed E-state index contributed by atoms with van der Waals surface area (Å²) in [5.74, 6) is 0. The van der Waals surface area contributed by atoms with Gasteiger partial charge in [-0.25, -0.2) is 0 Å². The zero-order chi connectivity index (χ0) is 13.8. The van der Waals surface area contributed by atoms with Crippen molar-refractivity contribution < 1.29 is 4.92 Å². The summed E-state index contributed by atoms with van der Waals surface area (Å²) in [5.41, 5.74) is 1.41. The molecule has 0 radical (unpaired) electrons. The lowest BCUT2D eigenvalue weighted by Gasteiger charge is -2.15. The van der Waals surface area contributed by atoms with Crippen molar-refractivity contribution in [3.8, 4) is 0 Å². The fraction of sp³-hybridized carbons (Fsp3) is 0.154. The van der Waals surface area contributed by atoms with Crippen LogP contribution in [-0.2, 0) is 0 Å². The molecule has 1 aromatic heterocycles. The van der Waals surface area contributed by atoms with E-state index in [2.05, 4.69) is 10.3 Å². The monoisotopic (exact) mass is 277 g/mol. The second-order valence-corrected chi connectivity index (χ2v) is 4.50. The number of benzene rings is 1. The van der Waals surface area contributed by atoms with Crippen molar-refractivity contribution in [2.24, 2.45) is 0 Å². The van der Waals surface area contributed by atoms with Gasteiger partial charge in [0.05, 0.1) is 4.92 Å². The summed E-state index contributed by atoms with van der Waals surface area (Å²) < 4.78 is 0. The Morgan fingerprint density at radius 2 is 2.00 bits per heavy atom. The van der Waals surface area contributed by atoms with Crippen molar-refractivity contribution >= 4 is 23.0 Å². The average molecular weight is 278 g/mol. The molecule has 0 aliphatic carbocycles. The Kier molecular flexibility index (Phi) is 3.97. The lowest BCUT2D eigenvalue weighted by molar-refractivity contribution is -0.384. The smallest absolute Gasteiger partial charge is 0.293 e. The van der Waals surface area contributed by atoms with Gasteiger partial charge in [0.2, 0.25) is 0 Å². The number of nitro benzene ring substituents is 1. The summed E-state index contributed by atoms with van der Waals surface area (Å²) in [6.45, 7) is 1.92. The molecule has 98 valence electrons. The van der Waals surface area contributed by atoms with E-state index in [1.807, 2.05) is 19.1 Å². The molecule has 2 aromatic rings. The number of halogens is 1.